The molecule has 0 amide bonds. The zero-order valence-electron chi connectivity index (χ0n) is 13.0. The molecule has 3 heterocycles. The maximum atomic E-state index is 13.1. The normalized spacial score (nSPS) is 15.6. The van der Waals surface area contributed by atoms with Crippen molar-refractivity contribution in [3.63, 3.8) is 0 Å². The van der Waals surface area contributed by atoms with Crippen LogP contribution in [0.5, 0.6) is 0 Å². The van der Waals surface area contributed by atoms with Crippen molar-refractivity contribution < 1.29 is 4.39 Å². The van der Waals surface area contributed by atoms with E-state index in [2.05, 4.69) is 20.2 Å². The fourth-order valence-electron chi connectivity index (χ4n) is 2.99. The Labute approximate surface area is 142 Å². The van der Waals surface area contributed by atoms with Crippen molar-refractivity contribution in [1.82, 2.24) is 15.3 Å². The first-order chi connectivity index (χ1) is 11.7. The van der Waals surface area contributed by atoms with Crippen molar-refractivity contribution in [2.75, 3.05) is 31.1 Å². The highest BCUT2D eigenvalue weighted by Crippen LogP contribution is 2.31. The van der Waals surface area contributed by atoms with E-state index in [-0.39, 0.29) is 11.4 Å². The van der Waals surface area contributed by atoms with Gasteiger partial charge in [0, 0.05) is 30.6 Å². The molecule has 0 unspecified atom stereocenters. The van der Waals surface area contributed by atoms with Gasteiger partial charge in [0.05, 0.1) is 5.39 Å². The molecule has 1 saturated heterocycles. The molecule has 1 aliphatic rings. The molecule has 0 aliphatic carbocycles. The summed E-state index contributed by atoms with van der Waals surface area (Å²) in [5, 5.41) is 5.82. The minimum absolute atomic E-state index is 0.146. The molecule has 0 bridgehead atoms. The van der Waals surface area contributed by atoms with E-state index in [0.717, 1.165) is 43.7 Å². The number of aromatic amines is 1. The van der Waals surface area contributed by atoms with Gasteiger partial charge in [0.1, 0.15) is 10.6 Å². The molecule has 0 saturated carbocycles. The molecule has 0 atom stereocenters. The lowest BCUT2D eigenvalue weighted by atomic mass is 10.1. The molecular formula is C17H17FN4OS. The number of hydrogen-bond acceptors (Lipinski definition) is 5. The van der Waals surface area contributed by atoms with Crippen LogP contribution in [0.15, 0.2) is 34.4 Å². The first kappa shape index (κ1) is 15.3. The number of fused-ring (bicyclic) bond motifs is 1. The molecule has 0 radical (unpaired) electrons. The summed E-state index contributed by atoms with van der Waals surface area (Å²) in [6, 6.07) is 6.17. The Hall–Kier alpha value is -2.25. The summed E-state index contributed by atoms with van der Waals surface area (Å²) in [7, 11) is 0. The van der Waals surface area contributed by atoms with Crippen LogP contribution in [0.1, 0.15) is 6.42 Å². The lowest BCUT2D eigenvalue weighted by Gasteiger charge is -2.20. The van der Waals surface area contributed by atoms with Crippen molar-refractivity contribution in [3.8, 4) is 11.1 Å². The van der Waals surface area contributed by atoms with E-state index in [1.807, 2.05) is 5.38 Å². The lowest BCUT2D eigenvalue weighted by molar-refractivity contribution is 0.628. The highest BCUT2D eigenvalue weighted by Gasteiger charge is 2.17. The van der Waals surface area contributed by atoms with Gasteiger partial charge in [0.25, 0.3) is 5.56 Å². The molecular weight excluding hydrogens is 327 g/mol. The summed E-state index contributed by atoms with van der Waals surface area (Å²) in [6.45, 7) is 3.56. The van der Waals surface area contributed by atoms with Crippen LogP contribution in [0.2, 0.25) is 0 Å². The maximum absolute atomic E-state index is 13.1. The van der Waals surface area contributed by atoms with Crippen molar-refractivity contribution in [3.05, 3.63) is 45.8 Å². The van der Waals surface area contributed by atoms with E-state index in [0.29, 0.717) is 16.2 Å². The van der Waals surface area contributed by atoms with Crippen molar-refractivity contribution in [2.45, 2.75) is 6.42 Å². The van der Waals surface area contributed by atoms with Crippen LogP contribution in [0, 0.1) is 5.82 Å². The van der Waals surface area contributed by atoms with E-state index >= 15 is 0 Å². The van der Waals surface area contributed by atoms with Gasteiger partial charge in [-0.05, 0) is 30.7 Å². The molecule has 1 aromatic carbocycles. The van der Waals surface area contributed by atoms with Gasteiger partial charge in [0.2, 0.25) is 5.95 Å². The van der Waals surface area contributed by atoms with Crippen LogP contribution in [-0.2, 0) is 0 Å². The first-order valence-electron chi connectivity index (χ1n) is 7.95. The average molecular weight is 344 g/mol. The number of benzene rings is 1. The highest BCUT2D eigenvalue weighted by atomic mass is 32.1. The van der Waals surface area contributed by atoms with Gasteiger partial charge in [0.15, 0.2) is 0 Å². The van der Waals surface area contributed by atoms with Crippen LogP contribution < -0.4 is 15.8 Å². The Kier molecular flexibility index (Phi) is 4.03. The number of aromatic nitrogens is 2. The van der Waals surface area contributed by atoms with E-state index in [1.165, 1.54) is 23.5 Å². The second kappa shape index (κ2) is 6.33. The number of nitrogens with one attached hydrogen (secondary N) is 2. The molecule has 5 nitrogen and oxygen atoms in total. The van der Waals surface area contributed by atoms with Crippen molar-refractivity contribution in [1.29, 1.82) is 0 Å². The predicted molar refractivity (Wildman–Crippen MR) is 95.3 cm³/mol. The fraction of sp³-hybridized carbons (Fsp3) is 0.294. The monoisotopic (exact) mass is 344 g/mol. The van der Waals surface area contributed by atoms with Crippen molar-refractivity contribution in [2.24, 2.45) is 0 Å². The van der Waals surface area contributed by atoms with Gasteiger partial charge in [-0.25, -0.2) is 9.37 Å². The molecule has 24 heavy (non-hydrogen) atoms. The van der Waals surface area contributed by atoms with Crippen molar-refractivity contribution >= 4 is 27.5 Å². The zero-order chi connectivity index (χ0) is 16.5. The summed E-state index contributed by atoms with van der Waals surface area (Å²) in [5.74, 6) is 0.339. The molecule has 2 aromatic heterocycles. The number of thiophene rings is 1. The zero-order valence-corrected chi connectivity index (χ0v) is 13.8. The number of nitrogens with zero attached hydrogens (tertiary/aromatic N) is 2. The van der Waals surface area contributed by atoms with E-state index in [4.69, 9.17) is 0 Å². The average Bonchev–Trinajstić information content (AvgIpc) is 2.83. The van der Waals surface area contributed by atoms with E-state index < -0.39 is 0 Å². The maximum Gasteiger partial charge on any atom is 0.261 e. The van der Waals surface area contributed by atoms with Crippen LogP contribution in [0.4, 0.5) is 10.3 Å². The van der Waals surface area contributed by atoms with Gasteiger partial charge in [-0.15, -0.1) is 11.3 Å². The Morgan fingerprint density at radius 1 is 1.17 bits per heavy atom. The molecule has 3 aromatic rings. The standard InChI is InChI=1S/C17H17FN4OS/c18-12-4-2-11(3-5-12)13-10-24-16-14(13)15(23)20-17(21-16)22-8-1-6-19-7-9-22/h2-5,10,19H,1,6-9H2,(H,20,21,23). The second-order valence-corrected chi connectivity index (χ2v) is 6.67. The highest BCUT2D eigenvalue weighted by molar-refractivity contribution is 7.17. The molecule has 4 rings (SSSR count). The molecule has 7 heteroatoms. The quantitative estimate of drug-likeness (QED) is 0.750. The van der Waals surface area contributed by atoms with Crippen LogP contribution in [0.25, 0.3) is 21.3 Å². The first-order valence-corrected chi connectivity index (χ1v) is 8.83. The number of hydrogen-bond donors (Lipinski definition) is 2. The van der Waals surface area contributed by atoms with Gasteiger partial charge >= 0.3 is 0 Å². The predicted octanol–water partition coefficient (Wildman–Crippen LogP) is 2.59. The molecule has 1 fully saturated rings. The van der Waals surface area contributed by atoms with Crippen LogP contribution >= 0.6 is 11.3 Å². The molecule has 1 aliphatic heterocycles. The Bertz CT molecular complexity index is 910. The summed E-state index contributed by atoms with van der Waals surface area (Å²) >= 11 is 1.44. The minimum atomic E-state index is -0.289. The number of rotatable bonds is 2. The second-order valence-electron chi connectivity index (χ2n) is 5.82. The number of anilines is 1. The summed E-state index contributed by atoms with van der Waals surface area (Å²) < 4.78 is 13.1. The van der Waals surface area contributed by atoms with E-state index in [1.54, 1.807) is 12.1 Å². The summed E-state index contributed by atoms with van der Waals surface area (Å²) in [4.78, 5) is 23.0. The topological polar surface area (TPSA) is 61.0 Å². The van der Waals surface area contributed by atoms with Gasteiger partial charge in [-0.3, -0.25) is 9.78 Å². The Morgan fingerprint density at radius 2 is 2.00 bits per heavy atom. The smallest absolute Gasteiger partial charge is 0.261 e. The minimum Gasteiger partial charge on any atom is -0.341 e. The molecule has 0 spiro atoms. The van der Waals surface area contributed by atoms with Crippen LogP contribution in [0.3, 0.4) is 0 Å². The largest absolute Gasteiger partial charge is 0.341 e. The number of H-pyrrole nitrogens is 1. The SMILES string of the molecule is O=c1[nH]c(N2CCCNCC2)nc2scc(-c3ccc(F)cc3)c12. The third kappa shape index (κ3) is 2.81. The summed E-state index contributed by atoms with van der Waals surface area (Å²) in [6.07, 6.45) is 1.02. The van der Waals surface area contributed by atoms with Gasteiger partial charge < -0.3 is 10.2 Å². The third-order valence-corrected chi connectivity index (χ3v) is 5.10. The van der Waals surface area contributed by atoms with E-state index in [9.17, 15) is 9.18 Å². The summed E-state index contributed by atoms with van der Waals surface area (Å²) in [5.41, 5.74) is 1.47. The number of halogens is 1. The van der Waals surface area contributed by atoms with Gasteiger partial charge in [-0.2, -0.15) is 0 Å². The Balaban J connectivity index is 1.78. The Morgan fingerprint density at radius 3 is 2.83 bits per heavy atom. The van der Waals surface area contributed by atoms with Crippen LogP contribution in [-0.4, -0.2) is 36.1 Å². The van der Waals surface area contributed by atoms with Gasteiger partial charge in [-0.1, -0.05) is 12.1 Å². The third-order valence-electron chi connectivity index (χ3n) is 4.23. The molecule has 124 valence electrons. The molecule has 2 N–H and O–H groups in total. The lowest BCUT2D eigenvalue weighted by Crippen LogP contribution is -2.31. The fourth-order valence-corrected chi connectivity index (χ4v) is 3.93.